The molecule has 7 fully saturated rings. The molecule has 105 heavy (non-hydrogen) atoms. The number of hydrogen-bond donors (Lipinski definition) is 3. The molecule has 1 spiro atoms. The number of carbonyl (C=O) groups is 12. The number of amides is 12. The van der Waals surface area contributed by atoms with E-state index in [1.165, 1.54) is 71.1 Å². The van der Waals surface area contributed by atoms with Gasteiger partial charge in [0, 0.05) is 82.5 Å². The number of nitrogens with zero attached hydrogens (tertiary/aromatic N) is 9. The summed E-state index contributed by atoms with van der Waals surface area (Å²) in [4.78, 5) is 190. The summed E-state index contributed by atoms with van der Waals surface area (Å²) in [6.07, 6.45) is -15.8. The molecule has 0 radical (unpaired) electrons. The first-order chi connectivity index (χ1) is 49.2. The van der Waals surface area contributed by atoms with E-state index in [2.05, 4.69) is 16.0 Å². The lowest BCUT2D eigenvalue weighted by atomic mass is 9.74. The van der Waals surface area contributed by atoms with E-state index >= 15 is 37.5 Å². The molecule has 3 aliphatic heterocycles. The molecule has 33 heteroatoms. The van der Waals surface area contributed by atoms with Gasteiger partial charge in [0.15, 0.2) is 0 Å². The maximum Gasteiger partial charge on any atom is 0.397 e. The Balaban J connectivity index is 1.30. The first-order valence-corrected chi connectivity index (χ1v) is 37.5. The largest absolute Gasteiger partial charge is 0.397 e. The van der Waals surface area contributed by atoms with Crippen molar-refractivity contribution < 1.29 is 97.4 Å². The SMILES string of the molecule is CCO[C@@H]1C[C@H]2C(=O)NC3(CCC3)C(=O)N(C)[C@@H](C3CCCC3)C(=O)N(C)[C@H](C(=O)N(C)C)CC(=O)N(C)[C@@H](CC)C(=O)N[C@@H]([C@@H](C)CC)C(=O)N(C)CC(=O)N(C)[C@H]3CCCCN(C3=O)[C@@H](CC3CCC(C(F)(F)F)CC3)C(=O)N(C)CC(=O)N[C@@H](CCC3CC(F)C(C(F)(F)F)C(F)C3)C(=O)N2C1. The third-order valence-electron chi connectivity index (χ3n) is 23.7. The number of likely N-dealkylation sites (N-methyl/N-ethyl adjacent to an activating group) is 7. The van der Waals surface area contributed by atoms with Gasteiger partial charge in [-0.25, -0.2) is 8.78 Å². The van der Waals surface area contributed by atoms with Gasteiger partial charge in [-0.05, 0) is 146 Å². The summed E-state index contributed by atoms with van der Waals surface area (Å²) in [7, 11) is 10.8. The first kappa shape index (κ1) is 85.3. The third kappa shape index (κ3) is 20.3. The molecule has 3 heterocycles. The van der Waals surface area contributed by atoms with Crippen molar-refractivity contribution in [3.05, 3.63) is 0 Å². The van der Waals surface area contributed by atoms with Crippen LogP contribution in [0.1, 0.15) is 175 Å². The van der Waals surface area contributed by atoms with Gasteiger partial charge in [0.05, 0.1) is 31.5 Å². The van der Waals surface area contributed by atoms with Crippen molar-refractivity contribution in [2.45, 2.75) is 260 Å². The predicted molar refractivity (Wildman–Crippen MR) is 367 cm³/mol. The molecular weight excluding hydrogens is 1390 g/mol. The van der Waals surface area contributed by atoms with Gasteiger partial charge in [-0.15, -0.1) is 0 Å². The number of ether oxygens (including phenoxy) is 1. The number of fused-ring (bicyclic) bond motifs is 3. The lowest BCUT2D eigenvalue weighted by Crippen LogP contribution is -2.68. The van der Waals surface area contributed by atoms with Crippen LogP contribution in [0.25, 0.3) is 0 Å². The van der Waals surface area contributed by atoms with E-state index in [1.807, 2.05) is 0 Å². The molecule has 2 unspecified atom stereocenters. The Kier molecular flexibility index (Phi) is 29.5. The third-order valence-corrected chi connectivity index (χ3v) is 23.7. The highest BCUT2D eigenvalue weighted by atomic mass is 19.4. The molecule has 4 saturated carbocycles. The quantitative estimate of drug-likeness (QED) is 0.203. The maximum absolute atomic E-state index is 15.5. The van der Waals surface area contributed by atoms with E-state index in [9.17, 15) is 55.1 Å². The second-order valence-corrected chi connectivity index (χ2v) is 30.9. The predicted octanol–water partition coefficient (Wildman–Crippen LogP) is 5.55. The average molecular weight is 1510 g/mol. The monoisotopic (exact) mass is 1500 g/mol. The number of halogens is 8. The molecule has 12 atom stereocenters. The second kappa shape index (κ2) is 36.3. The van der Waals surface area contributed by atoms with Crippen LogP contribution in [0.4, 0.5) is 35.1 Å². The minimum Gasteiger partial charge on any atom is -0.377 e. The van der Waals surface area contributed by atoms with Crippen LogP contribution in [0.2, 0.25) is 0 Å². The van der Waals surface area contributed by atoms with Crippen molar-refractivity contribution in [2.75, 3.05) is 89.2 Å². The first-order valence-electron chi connectivity index (χ1n) is 37.5. The van der Waals surface area contributed by atoms with E-state index in [0.717, 1.165) is 29.4 Å². The van der Waals surface area contributed by atoms with Crippen molar-refractivity contribution in [2.24, 2.45) is 35.5 Å². The zero-order valence-electron chi connectivity index (χ0n) is 63.0. The molecule has 12 amide bonds. The van der Waals surface area contributed by atoms with Gasteiger partial charge in [0.25, 0.3) is 0 Å². The zero-order valence-corrected chi connectivity index (χ0v) is 63.0. The van der Waals surface area contributed by atoms with E-state index in [4.69, 9.17) is 4.74 Å². The van der Waals surface area contributed by atoms with E-state index < -0.39 is 230 Å². The van der Waals surface area contributed by atoms with Crippen LogP contribution in [-0.2, 0) is 62.3 Å². The fraction of sp³-hybridized carbons (Fsp3) is 0.833. The van der Waals surface area contributed by atoms with Gasteiger partial charge in [-0.2, -0.15) is 26.3 Å². The van der Waals surface area contributed by atoms with E-state index in [1.54, 1.807) is 27.7 Å². The van der Waals surface area contributed by atoms with Gasteiger partial charge in [0.1, 0.15) is 72.1 Å². The highest BCUT2D eigenvalue weighted by Gasteiger charge is 2.56. The number of alkyl halides is 8. The van der Waals surface area contributed by atoms with Crippen molar-refractivity contribution in [1.29, 1.82) is 0 Å². The fourth-order valence-corrected chi connectivity index (χ4v) is 16.9. The Morgan fingerprint density at radius 3 is 1.77 bits per heavy atom. The molecular formula is C72H112F8N12O13. The highest BCUT2D eigenvalue weighted by molar-refractivity contribution is 6.01. The zero-order chi connectivity index (χ0) is 78.1. The summed E-state index contributed by atoms with van der Waals surface area (Å²) in [6.45, 7) is 4.99. The molecule has 2 bridgehead atoms. The van der Waals surface area contributed by atoms with Crippen LogP contribution in [0.5, 0.6) is 0 Å². The molecule has 3 saturated heterocycles. The number of hydrogen-bond acceptors (Lipinski definition) is 13. The summed E-state index contributed by atoms with van der Waals surface area (Å²) < 4.78 is 121. The maximum atomic E-state index is 15.5. The molecule has 0 aromatic carbocycles. The summed E-state index contributed by atoms with van der Waals surface area (Å²) in [5.41, 5.74) is -1.68. The van der Waals surface area contributed by atoms with Gasteiger partial charge in [0.2, 0.25) is 70.9 Å². The Morgan fingerprint density at radius 1 is 0.610 bits per heavy atom. The summed E-state index contributed by atoms with van der Waals surface area (Å²) in [5, 5.41) is 8.34. The van der Waals surface area contributed by atoms with Crippen LogP contribution in [-0.4, -0.2) is 289 Å². The Morgan fingerprint density at radius 2 is 1.22 bits per heavy atom. The smallest absolute Gasteiger partial charge is 0.377 e. The number of rotatable bonds is 12. The molecule has 7 rings (SSSR count). The summed E-state index contributed by atoms with van der Waals surface area (Å²) in [6, 6.07) is -11.2. The van der Waals surface area contributed by atoms with Crippen molar-refractivity contribution in [3.63, 3.8) is 0 Å². The minimum atomic E-state index is -5.21. The molecule has 0 aromatic heterocycles. The van der Waals surface area contributed by atoms with Crippen LogP contribution >= 0.6 is 0 Å². The molecule has 594 valence electrons. The summed E-state index contributed by atoms with van der Waals surface area (Å²) >= 11 is 0. The molecule has 4 aliphatic carbocycles. The minimum absolute atomic E-state index is 0.00287. The number of nitrogens with one attached hydrogen (secondary N) is 3. The van der Waals surface area contributed by atoms with Crippen LogP contribution in [0, 0.1) is 35.5 Å². The topological polar surface area (TPSA) is 279 Å². The van der Waals surface area contributed by atoms with Crippen molar-refractivity contribution in [3.8, 4) is 0 Å². The van der Waals surface area contributed by atoms with Crippen LogP contribution in [0.15, 0.2) is 0 Å². The van der Waals surface area contributed by atoms with Gasteiger partial charge >= 0.3 is 12.4 Å². The Labute approximate surface area is 610 Å². The van der Waals surface area contributed by atoms with Gasteiger partial charge < -0.3 is 64.8 Å². The molecule has 0 aromatic rings. The standard InChI is InChI=1S/C72H112F8N12O13/c1-13-41(4)59-67(102)86(8)40-57(95)88(10)51-23-18-19-32-91(66(51)101)54(35-42-24-27-45(28-25-42)71(75,76)77)65(100)85(7)39-55(93)81-49(29-26-43-33-47(73)58(48(74)34-43)72(78,79)80)63(98)92-38-46(105-15-3)36-52(92)62(97)83-70(30-20-31-70)69(104)90(12)60(44-21-16-17-22-44)68(103)89(11)53(64(99)84(5)6)37-56(94)87(9)50(14-2)61(96)82-59/h41-54,58-60H,13-40H2,1-12H3,(H,81,93)(H,82,96)(H,83,97)/t41-,42?,43?,45?,46+,47?,48?,49-,50-,51-,52-,53-,54-,58?,59-,60-/m0/s1. The lowest BCUT2D eigenvalue weighted by Gasteiger charge is -2.46. The fourth-order valence-electron chi connectivity index (χ4n) is 16.9. The van der Waals surface area contributed by atoms with Gasteiger partial charge in [-0.3, -0.25) is 57.5 Å². The van der Waals surface area contributed by atoms with Crippen molar-refractivity contribution in [1.82, 2.24) is 60.0 Å². The average Bonchev–Trinajstić information content (AvgIpc) is 1.72. The molecule has 25 nitrogen and oxygen atoms in total. The van der Waals surface area contributed by atoms with Crippen LogP contribution < -0.4 is 16.0 Å². The van der Waals surface area contributed by atoms with Crippen LogP contribution in [0.3, 0.4) is 0 Å². The summed E-state index contributed by atoms with van der Waals surface area (Å²) in [5.74, 6) is -16.6. The Bertz CT molecular complexity index is 3100. The molecule has 7 aliphatic rings. The lowest BCUT2D eigenvalue weighted by molar-refractivity contribution is -0.219. The highest BCUT2D eigenvalue weighted by Crippen LogP contribution is 2.46. The second-order valence-electron chi connectivity index (χ2n) is 30.9. The Hall–Kier alpha value is -6.96. The van der Waals surface area contributed by atoms with E-state index in [-0.39, 0.29) is 96.7 Å². The normalized spacial score (nSPS) is 32.2. The van der Waals surface area contributed by atoms with Crippen molar-refractivity contribution >= 4 is 70.9 Å². The number of carbonyl (C=O) groups excluding carboxylic acids is 12. The van der Waals surface area contributed by atoms with Gasteiger partial charge in [-0.1, -0.05) is 40.0 Å². The van der Waals surface area contributed by atoms with E-state index in [0.29, 0.717) is 44.9 Å². The molecule has 3 N–H and O–H groups in total.